The van der Waals surface area contributed by atoms with Crippen LogP contribution in [0.1, 0.15) is 58.3 Å². The number of hydrogen-bond acceptors (Lipinski definition) is 4. The number of carbonyl (C=O) groups is 2. The Kier molecular flexibility index (Phi) is 5.81. The number of amides is 1. The average molecular weight is 320 g/mol. The van der Waals surface area contributed by atoms with Gasteiger partial charge in [0.05, 0.1) is 6.42 Å². The largest absolute Gasteiger partial charge is 0.460 e. The minimum atomic E-state index is -0.526. The second kappa shape index (κ2) is 7.02. The molecule has 128 valence electrons. The van der Waals surface area contributed by atoms with E-state index in [-0.39, 0.29) is 18.3 Å². The van der Waals surface area contributed by atoms with Gasteiger partial charge >= 0.3 is 5.97 Å². The van der Waals surface area contributed by atoms with E-state index in [2.05, 4.69) is 0 Å². The molecule has 0 aromatic heterocycles. The van der Waals surface area contributed by atoms with Gasteiger partial charge in [0.15, 0.2) is 0 Å². The first-order valence-electron chi connectivity index (χ1n) is 7.79. The summed E-state index contributed by atoms with van der Waals surface area (Å²) in [5, 5.41) is 0. The van der Waals surface area contributed by atoms with Crippen molar-refractivity contribution in [2.24, 2.45) is 0 Å². The van der Waals surface area contributed by atoms with E-state index in [9.17, 15) is 9.59 Å². The molecule has 5 nitrogen and oxygen atoms in total. The van der Waals surface area contributed by atoms with Crippen LogP contribution in [0.5, 0.6) is 0 Å². The molecule has 0 unspecified atom stereocenters. The summed E-state index contributed by atoms with van der Waals surface area (Å²) in [6, 6.07) is 6.86. The minimum absolute atomic E-state index is 0.145. The molecule has 1 rings (SSSR count). The predicted octanol–water partition coefficient (Wildman–Crippen LogP) is 3.24. The van der Waals surface area contributed by atoms with Gasteiger partial charge in [-0.15, -0.1) is 0 Å². The van der Waals surface area contributed by atoms with Gasteiger partial charge in [0.25, 0.3) is 5.91 Å². The first kappa shape index (κ1) is 19.0. The highest BCUT2D eigenvalue weighted by molar-refractivity contribution is 5.95. The first-order valence-corrected chi connectivity index (χ1v) is 7.79. The minimum Gasteiger partial charge on any atom is -0.460 e. The van der Waals surface area contributed by atoms with Gasteiger partial charge in [-0.05, 0) is 59.7 Å². The van der Waals surface area contributed by atoms with E-state index in [4.69, 9.17) is 10.5 Å². The fraction of sp³-hybridized carbons (Fsp3) is 0.556. The summed E-state index contributed by atoms with van der Waals surface area (Å²) in [6.07, 6.45) is 0.155. The summed E-state index contributed by atoms with van der Waals surface area (Å²) in [4.78, 5) is 26.4. The Labute approximate surface area is 138 Å². The maximum absolute atomic E-state index is 12.8. The number of nitrogen functional groups attached to an aromatic ring is 1. The van der Waals surface area contributed by atoms with Crippen LogP contribution in [-0.4, -0.2) is 34.5 Å². The quantitative estimate of drug-likeness (QED) is 0.683. The Hall–Kier alpha value is -2.04. The summed E-state index contributed by atoms with van der Waals surface area (Å²) >= 11 is 0. The van der Waals surface area contributed by atoms with Crippen LogP contribution in [0.25, 0.3) is 0 Å². The second-order valence-electron chi connectivity index (χ2n) is 7.59. The lowest BCUT2D eigenvalue weighted by Gasteiger charge is -2.36. The monoisotopic (exact) mass is 320 g/mol. The van der Waals surface area contributed by atoms with Gasteiger partial charge in [0, 0.05) is 23.3 Å². The number of ether oxygens (including phenoxy) is 1. The van der Waals surface area contributed by atoms with Crippen LogP contribution < -0.4 is 5.73 Å². The van der Waals surface area contributed by atoms with Crippen LogP contribution in [0.2, 0.25) is 0 Å². The van der Waals surface area contributed by atoms with Gasteiger partial charge in [-0.2, -0.15) is 0 Å². The Bertz CT molecular complexity index is 568. The SMILES string of the molecule is CC(C)(C)OC(=O)CCN(C(=O)c1cccc(N)c1)C(C)(C)C. The van der Waals surface area contributed by atoms with Crippen LogP contribution in [0.15, 0.2) is 24.3 Å². The number of carbonyl (C=O) groups excluding carboxylic acids is 2. The smallest absolute Gasteiger partial charge is 0.308 e. The third kappa shape index (κ3) is 6.30. The van der Waals surface area contributed by atoms with E-state index in [1.807, 2.05) is 41.5 Å². The molecule has 23 heavy (non-hydrogen) atoms. The van der Waals surface area contributed by atoms with E-state index in [0.717, 1.165) is 0 Å². The molecule has 0 aliphatic carbocycles. The normalized spacial score (nSPS) is 11.9. The van der Waals surface area contributed by atoms with Crippen molar-refractivity contribution < 1.29 is 14.3 Å². The van der Waals surface area contributed by atoms with E-state index >= 15 is 0 Å². The van der Waals surface area contributed by atoms with Gasteiger partial charge in [-0.1, -0.05) is 6.07 Å². The molecule has 0 saturated heterocycles. The van der Waals surface area contributed by atoms with Gasteiger partial charge in [-0.25, -0.2) is 0 Å². The molecule has 1 amide bonds. The Balaban J connectivity index is 2.86. The lowest BCUT2D eigenvalue weighted by atomic mass is 10.0. The van der Waals surface area contributed by atoms with Crippen LogP contribution in [0, 0.1) is 0 Å². The highest BCUT2D eigenvalue weighted by atomic mass is 16.6. The third-order valence-electron chi connectivity index (χ3n) is 3.15. The number of hydrogen-bond donors (Lipinski definition) is 1. The number of nitrogens with two attached hydrogens (primary N) is 1. The summed E-state index contributed by atoms with van der Waals surface area (Å²) in [5.74, 6) is -0.458. The fourth-order valence-corrected chi connectivity index (χ4v) is 2.16. The molecular weight excluding hydrogens is 292 g/mol. The fourth-order valence-electron chi connectivity index (χ4n) is 2.16. The third-order valence-corrected chi connectivity index (χ3v) is 3.15. The highest BCUT2D eigenvalue weighted by Gasteiger charge is 2.28. The zero-order valence-corrected chi connectivity index (χ0v) is 15.0. The Morgan fingerprint density at radius 1 is 1.13 bits per heavy atom. The van der Waals surface area contributed by atoms with E-state index < -0.39 is 11.1 Å². The van der Waals surface area contributed by atoms with Crippen LogP contribution in [-0.2, 0) is 9.53 Å². The van der Waals surface area contributed by atoms with Gasteiger partial charge in [-0.3, -0.25) is 9.59 Å². The zero-order valence-electron chi connectivity index (χ0n) is 15.0. The van der Waals surface area contributed by atoms with E-state index in [1.54, 1.807) is 29.2 Å². The topological polar surface area (TPSA) is 72.6 Å². The number of benzene rings is 1. The number of anilines is 1. The van der Waals surface area contributed by atoms with E-state index in [1.165, 1.54) is 0 Å². The molecule has 0 fully saturated rings. The number of rotatable bonds is 4. The summed E-state index contributed by atoms with van der Waals surface area (Å²) in [5.41, 5.74) is 5.87. The molecule has 0 heterocycles. The summed E-state index contributed by atoms with van der Waals surface area (Å²) < 4.78 is 5.31. The average Bonchev–Trinajstić information content (AvgIpc) is 2.34. The van der Waals surface area contributed by atoms with Crippen molar-refractivity contribution in [2.45, 2.75) is 59.1 Å². The Morgan fingerprint density at radius 3 is 2.22 bits per heavy atom. The first-order chi connectivity index (χ1) is 10.4. The lowest BCUT2D eigenvalue weighted by Crippen LogP contribution is -2.47. The molecule has 0 aliphatic heterocycles. The maximum atomic E-state index is 12.8. The molecule has 2 N–H and O–H groups in total. The molecule has 0 saturated carbocycles. The molecule has 0 atom stereocenters. The number of esters is 1. The van der Waals surface area contributed by atoms with Crippen molar-refractivity contribution in [1.29, 1.82) is 0 Å². The van der Waals surface area contributed by atoms with Gasteiger partial charge in [0.2, 0.25) is 0 Å². The second-order valence-corrected chi connectivity index (χ2v) is 7.59. The van der Waals surface area contributed by atoms with Crippen LogP contribution >= 0.6 is 0 Å². The maximum Gasteiger partial charge on any atom is 0.308 e. The van der Waals surface area contributed by atoms with Crippen LogP contribution in [0.4, 0.5) is 5.69 Å². The molecule has 0 radical (unpaired) electrons. The lowest BCUT2D eigenvalue weighted by molar-refractivity contribution is -0.155. The molecule has 1 aromatic carbocycles. The van der Waals surface area contributed by atoms with Crippen LogP contribution in [0.3, 0.4) is 0 Å². The predicted molar refractivity (Wildman–Crippen MR) is 92.1 cm³/mol. The molecular formula is C18H28N2O3. The standard InChI is InChI=1S/C18H28N2O3/c1-17(2,3)20(11-10-15(21)23-18(4,5)6)16(22)13-8-7-9-14(19)12-13/h7-9,12H,10-11,19H2,1-6H3. The highest BCUT2D eigenvalue weighted by Crippen LogP contribution is 2.19. The van der Waals surface area contributed by atoms with Crippen molar-refractivity contribution in [2.75, 3.05) is 12.3 Å². The van der Waals surface area contributed by atoms with Gasteiger partial charge < -0.3 is 15.4 Å². The van der Waals surface area contributed by atoms with Gasteiger partial charge in [0.1, 0.15) is 5.60 Å². The molecule has 5 heteroatoms. The van der Waals surface area contributed by atoms with E-state index in [0.29, 0.717) is 17.8 Å². The van der Waals surface area contributed by atoms with Crippen molar-refractivity contribution in [1.82, 2.24) is 4.90 Å². The van der Waals surface area contributed by atoms with Crippen molar-refractivity contribution in [3.63, 3.8) is 0 Å². The molecule has 0 bridgehead atoms. The van der Waals surface area contributed by atoms with Crippen molar-refractivity contribution >= 4 is 17.6 Å². The summed E-state index contributed by atoms with van der Waals surface area (Å²) in [6.45, 7) is 11.6. The zero-order chi connectivity index (χ0) is 17.8. The molecule has 0 spiro atoms. The molecule has 0 aliphatic rings. The van der Waals surface area contributed by atoms with Crippen molar-refractivity contribution in [3.8, 4) is 0 Å². The Morgan fingerprint density at radius 2 is 1.74 bits per heavy atom. The van der Waals surface area contributed by atoms with Crippen molar-refractivity contribution in [3.05, 3.63) is 29.8 Å². The summed E-state index contributed by atoms with van der Waals surface area (Å²) in [7, 11) is 0. The number of nitrogens with zero attached hydrogens (tertiary/aromatic N) is 1. The molecule has 1 aromatic rings.